The molecule has 1 aliphatic carbocycles. The van der Waals surface area contributed by atoms with Crippen LogP contribution in [0.1, 0.15) is 65.7 Å². The van der Waals surface area contributed by atoms with Gasteiger partial charge in [0, 0.05) is 18.8 Å². The molecule has 1 aliphatic heterocycles. The standard InChI is InChI=1S/C17H33N2/c1-5-19(14-15(13-18-19)17(2,3)4)16-11-9-7-6-8-10-12-16/h5,15-16,18H,1,6-14H2,2-4H3/q+1. The Morgan fingerprint density at radius 3 is 2.11 bits per heavy atom. The fourth-order valence-corrected chi connectivity index (χ4v) is 3.82. The maximum Gasteiger partial charge on any atom is 0.111 e. The molecule has 0 aromatic heterocycles. The monoisotopic (exact) mass is 265 g/mol. The Morgan fingerprint density at radius 2 is 1.63 bits per heavy atom. The predicted octanol–water partition coefficient (Wildman–Crippen LogP) is 4.24. The molecule has 0 bridgehead atoms. The van der Waals surface area contributed by atoms with E-state index in [1.54, 1.807) is 0 Å². The van der Waals surface area contributed by atoms with E-state index in [0.717, 1.165) is 23.1 Å². The van der Waals surface area contributed by atoms with Crippen LogP contribution in [0, 0.1) is 11.3 Å². The van der Waals surface area contributed by atoms with Crippen LogP contribution in [0.3, 0.4) is 0 Å². The van der Waals surface area contributed by atoms with Crippen LogP contribution in [0.25, 0.3) is 0 Å². The highest BCUT2D eigenvalue weighted by Crippen LogP contribution is 2.36. The lowest BCUT2D eigenvalue weighted by atomic mass is 9.81. The van der Waals surface area contributed by atoms with Crippen molar-refractivity contribution in [2.75, 3.05) is 13.1 Å². The Bertz CT molecular complexity index is 297. The number of nitrogens with zero attached hydrogens (tertiary/aromatic N) is 1. The van der Waals surface area contributed by atoms with Crippen LogP contribution in [0.4, 0.5) is 0 Å². The first-order valence-electron chi connectivity index (χ1n) is 8.24. The summed E-state index contributed by atoms with van der Waals surface area (Å²) in [5.74, 6) is 0.760. The van der Waals surface area contributed by atoms with Gasteiger partial charge in [0.25, 0.3) is 0 Å². The van der Waals surface area contributed by atoms with Crippen LogP contribution < -0.4 is 5.43 Å². The lowest BCUT2D eigenvalue weighted by Crippen LogP contribution is -2.56. The van der Waals surface area contributed by atoms with E-state index in [0.29, 0.717) is 5.41 Å². The molecule has 0 radical (unpaired) electrons. The fraction of sp³-hybridized carbons (Fsp3) is 0.882. The van der Waals surface area contributed by atoms with Gasteiger partial charge in [-0.25, -0.2) is 4.59 Å². The third-order valence-corrected chi connectivity index (χ3v) is 5.43. The van der Waals surface area contributed by atoms with Gasteiger partial charge in [0.05, 0.1) is 6.54 Å². The van der Waals surface area contributed by atoms with E-state index in [4.69, 9.17) is 0 Å². The molecule has 2 unspecified atom stereocenters. The quantitative estimate of drug-likeness (QED) is 0.736. The van der Waals surface area contributed by atoms with Crippen LogP contribution in [-0.2, 0) is 0 Å². The van der Waals surface area contributed by atoms with Gasteiger partial charge in [0.2, 0.25) is 0 Å². The summed E-state index contributed by atoms with van der Waals surface area (Å²) in [7, 11) is 0. The number of hydrogen-bond acceptors (Lipinski definition) is 1. The van der Waals surface area contributed by atoms with Crippen LogP contribution in [0.15, 0.2) is 12.8 Å². The maximum atomic E-state index is 4.17. The molecule has 0 aromatic carbocycles. The fourth-order valence-electron chi connectivity index (χ4n) is 3.82. The van der Waals surface area contributed by atoms with Gasteiger partial charge in [0.1, 0.15) is 18.8 Å². The Morgan fingerprint density at radius 1 is 1.05 bits per heavy atom. The first kappa shape index (κ1) is 15.1. The second-order valence-electron chi connectivity index (χ2n) is 7.72. The number of nitrogens with one attached hydrogen (secondary N) is 1. The highest BCUT2D eigenvalue weighted by Gasteiger charge is 2.46. The smallest absolute Gasteiger partial charge is 0.111 e. The minimum absolute atomic E-state index is 0.400. The summed E-state index contributed by atoms with van der Waals surface area (Å²) in [6.07, 6.45) is 12.0. The molecule has 0 spiro atoms. The van der Waals surface area contributed by atoms with Crippen LogP contribution >= 0.6 is 0 Å². The minimum atomic E-state index is 0.400. The molecule has 0 aromatic rings. The summed E-state index contributed by atoms with van der Waals surface area (Å²) >= 11 is 0. The topological polar surface area (TPSA) is 12.0 Å². The van der Waals surface area contributed by atoms with E-state index < -0.39 is 0 Å². The van der Waals surface area contributed by atoms with Crippen molar-refractivity contribution >= 4 is 0 Å². The summed E-state index contributed by atoms with van der Waals surface area (Å²) in [4.78, 5) is 0. The van der Waals surface area contributed by atoms with Crippen molar-refractivity contribution < 1.29 is 4.59 Å². The van der Waals surface area contributed by atoms with E-state index in [1.165, 1.54) is 51.5 Å². The van der Waals surface area contributed by atoms with Crippen molar-refractivity contribution in [2.24, 2.45) is 11.3 Å². The normalized spacial score (nSPS) is 34.8. The molecule has 1 N–H and O–H groups in total. The van der Waals surface area contributed by atoms with Gasteiger partial charge in [-0.1, -0.05) is 40.0 Å². The molecule has 110 valence electrons. The lowest BCUT2D eigenvalue weighted by Gasteiger charge is -2.39. The van der Waals surface area contributed by atoms with Crippen LogP contribution in [-0.4, -0.2) is 23.7 Å². The highest BCUT2D eigenvalue weighted by molar-refractivity contribution is 4.82. The molecule has 2 atom stereocenters. The van der Waals surface area contributed by atoms with E-state index in [-0.39, 0.29) is 0 Å². The van der Waals surface area contributed by atoms with E-state index in [1.807, 2.05) is 0 Å². The van der Waals surface area contributed by atoms with Crippen LogP contribution in [0.5, 0.6) is 0 Å². The lowest BCUT2D eigenvalue weighted by molar-refractivity contribution is -0.936. The van der Waals surface area contributed by atoms with Crippen molar-refractivity contribution in [1.29, 1.82) is 0 Å². The number of rotatable bonds is 2. The highest BCUT2D eigenvalue weighted by atomic mass is 15.7. The summed E-state index contributed by atoms with van der Waals surface area (Å²) in [5, 5.41) is 0. The molecule has 2 heteroatoms. The molecule has 19 heavy (non-hydrogen) atoms. The van der Waals surface area contributed by atoms with E-state index in [9.17, 15) is 0 Å². The molecule has 2 fully saturated rings. The van der Waals surface area contributed by atoms with Crippen LogP contribution in [0.2, 0.25) is 0 Å². The number of hydrogen-bond donors (Lipinski definition) is 1. The van der Waals surface area contributed by atoms with Gasteiger partial charge in [-0.3, -0.25) is 0 Å². The van der Waals surface area contributed by atoms with Crippen molar-refractivity contribution in [3.63, 3.8) is 0 Å². The predicted molar refractivity (Wildman–Crippen MR) is 82.4 cm³/mol. The summed E-state index contributed by atoms with van der Waals surface area (Å²) in [5.41, 5.74) is 4.21. The third kappa shape index (κ3) is 3.41. The van der Waals surface area contributed by atoms with Crippen molar-refractivity contribution in [3.8, 4) is 0 Å². The molecule has 1 saturated heterocycles. The molecule has 1 heterocycles. The first-order chi connectivity index (χ1) is 8.98. The zero-order valence-corrected chi connectivity index (χ0v) is 13.3. The molecule has 1 saturated carbocycles. The van der Waals surface area contributed by atoms with Crippen molar-refractivity contribution in [3.05, 3.63) is 12.8 Å². The maximum absolute atomic E-state index is 4.17. The van der Waals surface area contributed by atoms with E-state index >= 15 is 0 Å². The summed E-state index contributed by atoms with van der Waals surface area (Å²) in [6, 6.07) is 0.755. The molecule has 2 aliphatic rings. The average Bonchev–Trinajstić information content (AvgIpc) is 2.73. The molecular weight excluding hydrogens is 232 g/mol. The molecule has 2 rings (SSSR count). The molecule has 0 amide bonds. The van der Waals surface area contributed by atoms with Gasteiger partial charge in [-0.05, 0) is 24.8 Å². The largest absolute Gasteiger partial charge is 0.218 e. The Hall–Kier alpha value is -0.340. The van der Waals surface area contributed by atoms with Gasteiger partial charge in [-0.2, -0.15) is 5.43 Å². The molecular formula is C17H33N2+. The SMILES string of the molecule is C=C[N+]1(C2CCCCCCC2)CC(C(C)(C)C)CN1. The third-order valence-electron chi connectivity index (χ3n) is 5.43. The van der Waals surface area contributed by atoms with Gasteiger partial charge >= 0.3 is 0 Å². The Balaban J connectivity index is 2.07. The summed E-state index contributed by atoms with van der Waals surface area (Å²) in [6.45, 7) is 13.7. The Kier molecular flexibility index (Phi) is 4.73. The second-order valence-corrected chi connectivity index (χ2v) is 7.72. The zero-order chi connectivity index (χ0) is 13.9. The minimum Gasteiger partial charge on any atom is -0.218 e. The van der Waals surface area contributed by atoms with Gasteiger partial charge < -0.3 is 0 Å². The average molecular weight is 265 g/mol. The second kappa shape index (κ2) is 5.97. The summed E-state index contributed by atoms with van der Waals surface area (Å²) < 4.78 is 0.974. The van der Waals surface area contributed by atoms with Gasteiger partial charge in [-0.15, -0.1) is 0 Å². The van der Waals surface area contributed by atoms with Gasteiger partial charge in [0.15, 0.2) is 0 Å². The number of quaternary nitrogens is 1. The first-order valence-corrected chi connectivity index (χ1v) is 8.24. The Labute approximate surface area is 119 Å². The van der Waals surface area contributed by atoms with Crippen molar-refractivity contribution in [1.82, 2.24) is 5.43 Å². The zero-order valence-electron chi connectivity index (χ0n) is 13.3. The van der Waals surface area contributed by atoms with Crippen molar-refractivity contribution in [2.45, 2.75) is 71.8 Å². The van der Waals surface area contributed by atoms with E-state index in [2.05, 4.69) is 39.0 Å². The molecule has 2 nitrogen and oxygen atoms in total.